The second kappa shape index (κ2) is 7.01. The second-order valence-electron chi connectivity index (χ2n) is 5.67. The predicted octanol–water partition coefficient (Wildman–Crippen LogP) is 4.09. The maximum atomic E-state index is 6.16. The molecule has 4 aromatic rings. The maximum absolute atomic E-state index is 6.16. The highest BCUT2D eigenvalue weighted by Crippen LogP contribution is 2.26. The maximum Gasteiger partial charge on any atom is 0.226 e. The summed E-state index contributed by atoms with van der Waals surface area (Å²) in [5.41, 5.74) is 2.82. The summed E-state index contributed by atoms with van der Waals surface area (Å²) in [6.45, 7) is 0.618. The van der Waals surface area contributed by atoms with Crippen molar-refractivity contribution in [3.63, 3.8) is 0 Å². The van der Waals surface area contributed by atoms with Crippen molar-refractivity contribution in [2.24, 2.45) is 0 Å². The first-order valence-electron chi connectivity index (χ1n) is 8.06. The molecule has 0 spiro atoms. The normalized spacial score (nSPS) is 10.8. The van der Waals surface area contributed by atoms with E-state index in [-0.39, 0.29) is 5.28 Å². The van der Waals surface area contributed by atoms with E-state index in [2.05, 4.69) is 20.3 Å². The highest BCUT2D eigenvalue weighted by atomic mass is 35.5. The first-order chi connectivity index (χ1) is 12.7. The van der Waals surface area contributed by atoms with E-state index in [0.29, 0.717) is 12.4 Å². The first kappa shape index (κ1) is 16.4. The van der Waals surface area contributed by atoms with Crippen molar-refractivity contribution < 1.29 is 4.74 Å². The molecule has 0 atom stereocenters. The van der Waals surface area contributed by atoms with Crippen LogP contribution in [0.1, 0.15) is 5.56 Å². The molecule has 0 aliphatic rings. The lowest BCUT2D eigenvalue weighted by Gasteiger charge is -2.09. The number of anilines is 1. The molecule has 26 heavy (non-hydrogen) atoms. The lowest BCUT2D eigenvalue weighted by Crippen LogP contribution is -2.04. The number of nitrogens with zero attached hydrogens (tertiary/aromatic N) is 4. The van der Waals surface area contributed by atoms with E-state index < -0.39 is 0 Å². The summed E-state index contributed by atoms with van der Waals surface area (Å²) in [5, 5.41) is 4.45. The molecule has 7 heteroatoms. The van der Waals surface area contributed by atoms with Gasteiger partial charge in [-0.25, -0.2) is 4.98 Å². The minimum Gasteiger partial charge on any atom is -0.497 e. The topological polar surface area (TPSA) is 64.9 Å². The van der Waals surface area contributed by atoms with Gasteiger partial charge in [0.2, 0.25) is 5.28 Å². The van der Waals surface area contributed by atoms with Crippen LogP contribution in [0.5, 0.6) is 5.75 Å². The molecular weight excluding hydrogens is 350 g/mol. The number of pyridine rings is 1. The number of hydrogen-bond acceptors (Lipinski definition) is 5. The summed E-state index contributed by atoms with van der Waals surface area (Å²) in [6.07, 6.45) is 5.43. The molecule has 0 aliphatic heterocycles. The monoisotopic (exact) mass is 365 g/mol. The van der Waals surface area contributed by atoms with E-state index in [9.17, 15) is 0 Å². The third-order valence-corrected chi connectivity index (χ3v) is 4.25. The van der Waals surface area contributed by atoms with Crippen molar-refractivity contribution in [1.29, 1.82) is 0 Å². The Kier molecular flexibility index (Phi) is 4.41. The van der Waals surface area contributed by atoms with Gasteiger partial charge in [-0.15, -0.1) is 0 Å². The van der Waals surface area contributed by atoms with Crippen LogP contribution in [0.25, 0.3) is 16.7 Å². The molecule has 0 fully saturated rings. The molecule has 0 saturated carbocycles. The van der Waals surface area contributed by atoms with Crippen LogP contribution in [0, 0.1) is 0 Å². The van der Waals surface area contributed by atoms with Gasteiger partial charge in [0.05, 0.1) is 18.2 Å². The zero-order valence-corrected chi connectivity index (χ0v) is 14.8. The van der Waals surface area contributed by atoms with Crippen molar-refractivity contribution in [2.45, 2.75) is 6.54 Å². The quantitative estimate of drug-likeness (QED) is 0.540. The molecule has 0 unspecified atom stereocenters. The van der Waals surface area contributed by atoms with Gasteiger partial charge in [-0.05, 0) is 47.5 Å². The summed E-state index contributed by atoms with van der Waals surface area (Å²) in [5.74, 6) is 1.53. The smallest absolute Gasteiger partial charge is 0.226 e. The Morgan fingerprint density at radius 3 is 2.54 bits per heavy atom. The largest absolute Gasteiger partial charge is 0.497 e. The molecular formula is C19H16ClN5O. The summed E-state index contributed by atoms with van der Waals surface area (Å²) >= 11 is 6.16. The molecule has 3 aromatic heterocycles. The molecule has 0 radical (unpaired) electrons. The number of ether oxygens (including phenoxy) is 1. The fourth-order valence-corrected chi connectivity index (χ4v) is 2.93. The van der Waals surface area contributed by atoms with E-state index in [4.69, 9.17) is 16.3 Å². The highest BCUT2D eigenvalue weighted by Gasteiger charge is 2.12. The van der Waals surface area contributed by atoms with E-state index in [1.165, 1.54) is 0 Å². The van der Waals surface area contributed by atoms with Crippen molar-refractivity contribution in [1.82, 2.24) is 19.5 Å². The second-order valence-corrected chi connectivity index (χ2v) is 6.01. The number of benzene rings is 1. The van der Waals surface area contributed by atoms with Crippen LogP contribution in [-0.4, -0.2) is 26.6 Å². The zero-order valence-electron chi connectivity index (χ0n) is 14.1. The van der Waals surface area contributed by atoms with Crippen LogP contribution in [0.2, 0.25) is 5.28 Å². The minimum absolute atomic E-state index is 0.198. The number of rotatable bonds is 5. The highest BCUT2D eigenvalue weighted by molar-refractivity contribution is 6.28. The van der Waals surface area contributed by atoms with Crippen LogP contribution >= 0.6 is 11.6 Å². The zero-order chi connectivity index (χ0) is 17.9. The molecule has 0 bridgehead atoms. The number of aromatic nitrogens is 4. The Bertz CT molecular complexity index is 1030. The Morgan fingerprint density at radius 1 is 1.04 bits per heavy atom. The summed E-state index contributed by atoms with van der Waals surface area (Å²) in [4.78, 5) is 12.8. The third kappa shape index (κ3) is 3.19. The van der Waals surface area contributed by atoms with Gasteiger partial charge < -0.3 is 14.6 Å². The molecule has 3 heterocycles. The number of hydrogen-bond donors (Lipinski definition) is 1. The molecule has 6 nitrogen and oxygen atoms in total. The number of fused-ring (bicyclic) bond motifs is 1. The number of nitrogens with one attached hydrogen (secondary N) is 1. The van der Waals surface area contributed by atoms with Gasteiger partial charge in [-0.1, -0.05) is 12.1 Å². The lowest BCUT2D eigenvalue weighted by molar-refractivity contribution is 0.414. The van der Waals surface area contributed by atoms with E-state index >= 15 is 0 Å². The van der Waals surface area contributed by atoms with Crippen LogP contribution in [-0.2, 0) is 6.54 Å². The van der Waals surface area contributed by atoms with Crippen LogP contribution in [0.3, 0.4) is 0 Å². The van der Waals surface area contributed by atoms with Crippen LogP contribution in [0.15, 0.2) is 61.1 Å². The number of halogens is 1. The Morgan fingerprint density at radius 2 is 1.81 bits per heavy atom. The van der Waals surface area contributed by atoms with Gasteiger partial charge in [0.25, 0.3) is 0 Å². The van der Waals surface area contributed by atoms with Crippen molar-refractivity contribution in [2.75, 3.05) is 12.4 Å². The summed E-state index contributed by atoms with van der Waals surface area (Å²) in [6, 6.07) is 13.7. The fourth-order valence-electron chi connectivity index (χ4n) is 2.76. The van der Waals surface area contributed by atoms with Gasteiger partial charge in [-0.3, -0.25) is 4.98 Å². The average molecular weight is 366 g/mol. The summed E-state index contributed by atoms with van der Waals surface area (Å²) in [7, 11) is 1.65. The standard InChI is InChI=1S/C19H16ClN5O/c1-26-15-4-2-13(3-5-15)12-22-17-16-8-11-25(14-6-9-21-10-7-14)18(16)24-19(20)23-17/h2-11H,12H2,1H3,(H,22,23,24). The summed E-state index contributed by atoms with van der Waals surface area (Å²) < 4.78 is 7.15. The Balaban J connectivity index is 1.66. The molecule has 0 aliphatic carbocycles. The Labute approximate surface area is 155 Å². The van der Waals surface area contributed by atoms with Gasteiger partial charge in [0.1, 0.15) is 11.6 Å². The van der Waals surface area contributed by atoms with Gasteiger partial charge in [0.15, 0.2) is 5.65 Å². The Hall–Kier alpha value is -3.12. The molecule has 4 rings (SSSR count). The fraction of sp³-hybridized carbons (Fsp3) is 0.105. The molecule has 0 saturated heterocycles. The van der Waals surface area contributed by atoms with Crippen LogP contribution in [0.4, 0.5) is 5.82 Å². The minimum atomic E-state index is 0.198. The van der Waals surface area contributed by atoms with Gasteiger partial charge in [0, 0.05) is 25.1 Å². The molecule has 0 amide bonds. The van der Waals surface area contributed by atoms with E-state index in [0.717, 1.165) is 28.0 Å². The van der Waals surface area contributed by atoms with E-state index in [1.807, 2.05) is 53.2 Å². The van der Waals surface area contributed by atoms with Crippen molar-refractivity contribution >= 4 is 28.5 Å². The van der Waals surface area contributed by atoms with Crippen molar-refractivity contribution in [3.8, 4) is 11.4 Å². The molecule has 1 N–H and O–H groups in total. The van der Waals surface area contributed by atoms with Crippen LogP contribution < -0.4 is 10.1 Å². The van der Waals surface area contributed by atoms with Gasteiger partial charge in [-0.2, -0.15) is 4.98 Å². The third-order valence-electron chi connectivity index (χ3n) is 4.08. The SMILES string of the molecule is COc1ccc(CNc2nc(Cl)nc3c2ccn3-c2ccncc2)cc1. The van der Waals surface area contributed by atoms with Gasteiger partial charge >= 0.3 is 0 Å². The first-order valence-corrected chi connectivity index (χ1v) is 8.44. The number of methoxy groups -OCH3 is 1. The average Bonchev–Trinajstić information content (AvgIpc) is 3.11. The molecule has 1 aromatic carbocycles. The van der Waals surface area contributed by atoms with Crippen molar-refractivity contribution in [3.05, 3.63) is 71.9 Å². The predicted molar refractivity (Wildman–Crippen MR) is 102 cm³/mol. The molecule has 130 valence electrons. The lowest BCUT2D eigenvalue weighted by atomic mass is 10.2. The van der Waals surface area contributed by atoms with E-state index in [1.54, 1.807) is 19.5 Å².